The van der Waals surface area contributed by atoms with Crippen LogP contribution in [0, 0.1) is 15.5 Å². The molecule has 0 bridgehead atoms. The number of sulfonamides is 1. The minimum Gasteiger partial charge on any atom is -0.455 e. The van der Waals surface area contributed by atoms with Crippen molar-refractivity contribution in [3.05, 3.63) is 99.9 Å². The lowest BCUT2D eigenvalue weighted by Gasteiger charge is -2.39. The lowest BCUT2D eigenvalue weighted by atomic mass is 9.72. The zero-order chi connectivity index (χ0) is 42.4. The number of amides is 1. The quantitative estimate of drug-likeness (QED) is 0.0772. The van der Waals surface area contributed by atoms with E-state index in [-0.39, 0.29) is 22.4 Å². The van der Waals surface area contributed by atoms with Gasteiger partial charge in [0.2, 0.25) is 0 Å². The van der Waals surface area contributed by atoms with Crippen molar-refractivity contribution in [2.45, 2.75) is 57.8 Å². The predicted octanol–water partition coefficient (Wildman–Crippen LogP) is 7.11. The molecular formula is C44H56N8O7S. The van der Waals surface area contributed by atoms with Gasteiger partial charge in [-0.2, -0.15) is 0 Å². The Bertz CT molecular complexity index is 2360. The Balaban J connectivity index is 1.08. The molecule has 7 rings (SSSR count). The van der Waals surface area contributed by atoms with E-state index in [1.807, 2.05) is 6.07 Å². The third-order valence-corrected chi connectivity index (χ3v) is 13.0. The molecule has 0 spiro atoms. The SMILES string of the molecule is C=C(CCC)C1=C(CN2CCN(c3ccc(C(=O)NS(=O)(=O)c4ccc(NCCN5CCOCC5)c([N+](=O)[O-])c4)c(Oc4cnc5[nH]ccc5c4)c3)CC2)CCC(C)(C)C1. The molecule has 4 heterocycles. The Morgan fingerprint density at radius 2 is 1.83 bits per heavy atom. The maximum absolute atomic E-state index is 13.9. The van der Waals surface area contributed by atoms with Crippen LogP contribution in [-0.2, 0) is 14.8 Å². The topological polar surface area (TPSA) is 175 Å². The molecule has 3 N–H and O–H groups in total. The fourth-order valence-corrected chi connectivity index (χ4v) is 9.22. The number of morpholine rings is 1. The summed E-state index contributed by atoms with van der Waals surface area (Å²) in [6.07, 6.45) is 8.72. The lowest BCUT2D eigenvalue weighted by molar-refractivity contribution is -0.384. The Labute approximate surface area is 352 Å². The minimum atomic E-state index is -4.55. The maximum Gasteiger partial charge on any atom is 0.293 e. The number of nitrogens with one attached hydrogen (secondary N) is 3. The number of ether oxygens (including phenoxy) is 2. The van der Waals surface area contributed by atoms with Gasteiger partial charge >= 0.3 is 0 Å². The Morgan fingerprint density at radius 1 is 1.05 bits per heavy atom. The predicted molar refractivity (Wildman–Crippen MR) is 233 cm³/mol. The highest BCUT2D eigenvalue weighted by Crippen LogP contribution is 2.42. The number of aromatic amines is 1. The molecule has 1 amide bonds. The highest BCUT2D eigenvalue weighted by atomic mass is 32.2. The molecule has 16 heteroatoms. The van der Waals surface area contributed by atoms with E-state index in [4.69, 9.17) is 9.47 Å². The normalized spacial score (nSPS) is 17.8. The summed E-state index contributed by atoms with van der Waals surface area (Å²) in [6, 6.07) is 12.3. The van der Waals surface area contributed by atoms with Gasteiger partial charge in [0.15, 0.2) is 0 Å². The molecule has 2 aliphatic heterocycles. The van der Waals surface area contributed by atoms with Gasteiger partial charge < -0.3 is 24.7 Å². The number of nitro benzene ring substituents is 1. The summed E-state index contributed by atoms with van der Waals surface area (Å²) in [4.78, 5) is 39.3. The zero-order valence-corrected chi connectivity index (χ0v) is 35.6. The van der Waals surface area contributed by atoms with Crippen LogP contribution in [0.3, 0.4) is 0 Å². The number of rotatable bonds is 16. The van der Waals surface area contributed by atoms with Crippen LogP contribution in [0.15, 0.2) is 89.1 Å². The highest BCUT2D eigenvalue weighted by molar-refractivity contribution is 7.90. The van der Waals surface area contributed by atoms with E-state index in [0.29, 0.717) is 37.7 Å². The molecule has 2 fully saturated rings. The molecule has 0 unspecified atom stereocenters. The molecule has 60 heavy (non-hydrogen) atoms. The van der Waals surface area contributed by atoms with Crippen molar-refractivity contribution >= 4 is 44.0 Å². The second-order valence-electron chi connectivity index (χ2n) is 16.7. The number of aromatic nitrogens is 2. The molecule has 0 saturated carbocycles. The number of fused-ring (bicyclic) bond motifs is 1. The van der Waals surface area contributed by atoms with Crippen LogP contribution >= 0.6 is 0 Å². The van der Waals surface area contributed by atoms with E-state index < -0.39 is 31.4 Å². The number of benzene rings is 2. The van der Waals surface area contributed by atoms with Crippen LogP contribution in [0.1, 0.15) is 63.2 Å². The van der Waals surface area contributed by atoms with E-state index in [1.54, 1.807) is 30.5 Å². The van der Waals surface area contributed by atoms with Crippen LogP contribution in [0.5, 0.6) is 11.5 Å². The van der Waals surface area contributed by atoms with Crippen molar-refractivity contribution in [2.24, 2.45) is 5.41 Å². The van der Waals surface area contributed by atoms with Gasteiger partial charge in [-0.25, -0.2) is 18.1 Å². The molecule has 320 valence electrons. The van der Waals surface area contributed by atoms with E-state index >= 15 is 0 Å². The van der Waals surface area contributed by atoms with Crippen LogP contribution < -0.4 is 19.7 Å². The maximum atomic E-state index is 13.9. The van der Waals surface area contributed by atoms with E-state index in [0.717, 1.165) is 88.6 Å². The molecular weight excluding hydrogens is 785 g/mol. The summed E-state index contributed by atoms with van der Waals surface area (Å²) in [7, 11) is -4.55. The molecule has 0 atom stereocenters. The molecule has 2 aromatic heterocycles. The summed E-state index contributed by atoms with van der Waals surface area (Å²) in [5.41, 5.74) is 5.74. The molecule has 3 aliphatic rings. The first-order chi connectivity index (χ1) is 28.8. The number of anilines is 2. The fraction of sp³-hybridized carbons (Fsp3) is 0.455. The van der Waals surface area contributed by atoms with Crippen molar-refractivity contribution in [2.75, 3.05) is 82.3 Å². The molecule has 15 nitrogen and oxygen atoms in total. The largest absolute Gasteiger partial charge is 0.455 e. The van der Waals surface area contributed by atoms with Crippen molar-refractivity contribution in [3.8, 4) is 11.5 Å². The first-order valence-corrected chi connectivity index (χ1v) is 22.3. The monoisotopic (exact) mass is 840 g/mol. The minimum absolute atomic E-state index is 0.0296. The van der Waals surface area contributed by atoms with Crippen LogP contribution in [-0.4, -0.2) is 111 Å². The Kier molecular flexibility index (Phi) is 13.2. The number of hydrogen-bond donors (Lipinski definition) is 3. The van der Waals surface area contributed by atoms with Gasteiger partial charge in [0, 0.05) is 88.3 Å². The van der Waals surface area contributed by atoms with Gasteiger partial charge in [-0.1, -0.05) is 44.9 Å². The number of allylic oxidation sites excluding steroid dienone is 2. The summed E-state index contributed by atoms with van der Waals surface area (Å²) < 4.78 is 41.1. The zero-order valence-electron chi connectivity index (χ0n) is 34.8. The number of nitrogens with zero attached hydrogens (tertiary/aromatic N) is 5. The standard InChI is InChI=1S/C44H56N8O7S/c1-5-6-31(2)38-28-44(3,4)13-11-33(38)30-50-17-19-51(20-18-50)34-7-9-37(41(26-34)59-35-25-32-12-14-46-42(32)47-29-35)43(53)48-60(56,57)36-8-10-39(40(27-36)52(54)55)45-15-16-49-21-23-58-24-22-49/h7-10,12,14,25-27,29,45H,2,5-6,11,13,15-24,28,30H2,1,3-4H3,(H,46,47)(H,48,53). The number of nitro groups is 1. The van der Waals surface area contributed by atoms with Crippen LogP contribution in [0.4, 0.5) is 17.1 Å². The second kappa shape index (κ2) is 18.5. The Hall–Kier alpha value is -5.29. The number of H-pyrrole nitrogens is 1. The van der Waals surface area contributed by atoms with Crippen molar-refractivity contribution < 1.29 is 27.6 Å². The Morgan fingerprint density at radius 3 is 2.58 bits per heavy atom. The summed E-state index contributed by atoms with van der Waals surface area (Å²) in [5.74, 6) is -0.450. The number of carbonyl (C=O) groups excluding carboxylic acids is 1. The second-order valence-corrected chi connectivity index (χ2v) is 18.3. The van der Waals surface area contributed by atoms with Gasteiger partial charge in [-0.15, -0.1) is 0 Å². The first-order valence-electron chi connectivity index (χ1n) is 20.8. The smallest absolute Gasteiger partial charge is 0.293 e. The van der Waals surface area contributed by atoms with Crippen molar-refractivity contribution in [3.63, 3.8) is 0 Å². The van der Waals surface area contributed by atoms with Gasteiger partial charge in [0.05, 0.1) is 34.8 Å². The third-order valence-electron chi connectivity index (χ3n) is 11.7. The number of piperazine rings is 1. The summed E-state index contributed by atoms with van der Waals surface area (Å²) >= 11 is 0. The molecule has 0 radical (unpaired) electrons. The van der Waals surface area contributed by atoms with Crippen molar-refractivity contribution in [1.82, 2.24) is 24.5 Å². The average Bonchev–Trinajstić information content (AvgIpc) is 3.70. The number of pyridine rings is 1. The third kappa shape index (κ3) is 10.3. The van der Waals surface area contributed by atoms with E-state index in [2.05, 4.69) is 62.1 Å². The van der Waals surface area contributed by atoms with E-state index in [1.165, 1.54) is 41.5 Å². The van der Waals surface area contributed by atoms with Crippen LogP contribution in [0.2, 0.25) is 0 Å². The lowest BCUT2D eigenvalue weighted by Crippen LogP contribution is -2.47. The highest BCUT2D eigenvalue weighted by Gasteiger charge is 2.30. The molecule has 4 aromatic rings. The van der Waals surface area contributed by atoms with Gasteiger partial charge in [0.1, 0.15) is 22.8 Å². The fourth-order valence-electron chi connectivity index (χ4n) is 8.24. The van der Waals surface area contributed by atoms with Crippen molar-refractivity contribution in [1.29, 1.82) is 0 Å². The van der Waals surface area contributed by atoms with E-state index in [9.17, 15) is 23.3 Å². The summed E-state index contributed by atoms with van der Waals surface area (Å²) in [5, 5.41) is 15.9. The summed E-state index contributed by atoms with van der Waals surface area (Å²) in [6.45, 7) is 19.3. The van der Waals surface area contributed by atoms with Gasteiger partial charge in [-0.3, -0.25) is 24.7 Å². The molecule has 2 aromatic carbocycles. The average molecular weight is 841 g/mol. The van der Waals surface area contributed by atoms with Crippen LogP contribution in [0.25, 0.3) is 11.0 Å². The number of hydrogen-bond acceptors (Lipinski definition) is 12. The van der Waals surface area contributed by atoms with Gasteiger partial charge in [0.25, 0.3) is 21.6 Å². The van der Waals surface area contributed by atoms with Gasteiger partial charge in [-0.05, 0) is 73.1 Å². The first kappa shape index (κ1) is 42.8. The molecule has 2 saturated heterocycles. The number of carbonyl (C=O) groups is 1. The molecule has 1 aliphatic carbocycles.